The lowest BCUT2D eigenvalue weighted by Crippen LogP contribution is -2.42. The molecule has 2 N–H and O–H groups in total. The molecule has 0 saturated carbocycles. The van der Waals surface area contributed by atoms with Crippen LogP contribution < -0.4 is 10.6 Å². The van der Waals surface area contributed by atoms with E-state index in [9.17, 15) is 18.0 Å². The average molecular weight is 302 g/mol. The second-order valence-corrected chi connectivity index (χ2v) is 5.09. The highest BCUT2D eigenvalue weighted by atomic mass is 19.4. The predicted octanol–water partition coefficient (Wildman–Crippen LogP) is 2.83. The average Bonchev–Trinajstić information content (AvgIpc) is 2.46. The molecule has 1 heterocycles. The third-order valence-electron chi connectivity index (χ3n) is 3.68. The molecule has 1 aliphatic heterocycles. The Labute approximate surface area is 120 Å². The standard InChI is InChI=1S/C14H17F3N2O2/c1-21-13(20)9-4-5-11(18)12(7-9)19-6-2-3-10(8-19)14(15,16)17/h4-5,7,10H,2-3,6,8,18H2,1H3. The molecule has 21 heavy (non-hydrogen) atoms. The zero-order valence-corrected chi connectivity index (χ0v) is 11.6. The van der Waals surface area contributed by atoms with Crippen LogP contribution in [0, 0.1) is 5.92 Å². The molecule has 0 spiro atoms. The first kappa shape index (κ1) is 15.5. The molecule has 2 rings (SSSR count). The molecule has 7 heteroatoms. The summed E-state index contributed by atoms with van der Waals surface area (Å²) in [4.78, 5) is 13.1. The molecule has 1 aromatic carbocycles. The van der Waals surface area contributed by atoms with Gasteiger partial charge in [0.1, 0.15) is 0 Å². The molecule has 0 radical (unpaired) electrons. The van der Waals surface area contributed by atoms with Crippen molar-refractivity contribution in [1.82, 2.24) is 0 Å². The fraction of sp³-hybridized carbons (Fsp3) is 0.500. The molecule has 0 bridgehead atoms. The molecule has 4 nitrogen and oxygen atoms in total. The number of halogens is 3. The van der Waals surface area contributed by atoms with Gasteiger partial charge < -0.3 is 15.4 Å². The molecular formula is C14H17F3N2O2. The Bertz CT molecular complexity index is 531. The first-order chi connectivity index (χ1) is 9.82. The fourth-order valence-corrected chi connectivity index (χ4v) is 2.53. The molecule has 116 valence electrons. The van der Waals surface area contributed by atoms with E-state index in [4.69, 9.17) is 5.73 Å². The minimum Gasteiger partial charge on any atom is -0.465 e. The molecule has 1 atom stereocenters. The van der Waals surface area contributed by atoms with Gasteiger partial charge in [0.25, 0.3) is 0 Å². The van der Waals surface area contributed by atoms with Crippen molar-refractivity contribution < 1.29 is 22.7 Å². The summed E-state index contributed by atoms with van der Waals surface area (Å²) in [6, 6.07) is 4.49. The number of nitrogens with zero attached hydrogens (tertiary/aromatic N) is 1. The van der Waals surface area contributed by atoms with Crippen molar-refractivity contribution in [3.05, 3.63) is 23.8 Å². The van der Waals surface area contributed by atoms with E-state index in [0.717, 1.165) is 0 Å². The minimum absolute atomic E-state index is 0.122. The smallest absolute Gasteiger partial charge is 0.393 e. The Morgan fingerprint density at radius 2 is 2.14 bits per heavy atom. The van der Waals surface area contributed by atoms with Gasteiger partial charge in [0.15, 0.2) is 0 Å². The van der Waals surface area contributed by atoms with Crippen molar-refractivity contribution in [1.29, 1.82) is 0 Å². The van der Waals surface area contributed by atoms with Gasteiger partial charge in [-0.25, -0.2) is 4.79 Å². The summed E-state index contributed by atoms with van der Waals surface area (Å²) < 4.78 is 43.2. The third-order valence-corrected chi connectivity index (χ3v) is 3.68. The van der Waals surface area contributed by atoms with Gasteiger partial charge in [-0.3, -0.25) is 0 Å². The van der Waals surface area contributed by atoms with Gasteiger partial charge in [-0.1, -0.05) is 0 Å². The number of anilines is 2. The van der Waals surface area contributed by atoms with Crippen molar-refractivity contribution >= 4 is 17.3 Å². The lowest BCUT2D eigenvalue weighted by Gasteiger charge is -2.36. The molecule has 1 fully saturated rings. The van der Waals surface area contributed by atoms with E-state index >= 15 is 0 Å². The number of methoxy groups -OCH3 is 1. The monoisotopic (exact) mass is 302 g/mol. The maximum Gasteiger partial charge on any atom is 0.393 e. The summed E-state index contributed by atoms with van der Waals surface area (Å²) in [5.41, 5.74) is 6.92. The van der Waals surface area contributed by atoms with Crippen LogP contribution >= 0.6 is 0 Å². The van der Waals surface area contributed by atoms with Gasteiger partial charge in [-0.05, 0) is 31.0 Å². The van der Waals surface area contributed by atoms with E-state index in [1.54, 1.807) is 4.90 Å². The zero-order chi connectivity index (χ0) is 15.6. The van der Waals surface area contributed by atoms with Gasteiger partial charge >= 0.3 is 12.1 Å². The Kier molecular flexibility index (Phi) is 4.29. The van der Waals surface area contributed by atoms with Crippen molar-refractivity contribution in [3.63, 3.8) is 0 Å². The lowest BCUT2D eigenvalue weighted by atomic mass is 9.96. The molecular weight excluding hydrogens is 285 g/mol. The molecule has 0 aromatic heterocycles. The number of benzene rings is 1. The van der Waals surface area contributed by atoms with Crippen LogP contribution in [0.25, 0.3) is 0 Å². The van der Waals surface area contributed by atoms with Crippen molar-refractivity contribution in [2.75, 3.05) is 30.8 Å². The summed E-state index contributed by atoms with van der Waals surface area (Å²) in [7, 11) is 1.25. The van der Waals surface area contributed by atoms with Gasteiger partial charge in [-0.15, -0.1) is 0 Å². The zero-order valence-electron chi connectivity index (χ0n) is 11.6. The number of nitrogens with two attached hydrogens (primary N) is 1. The van der Waals surface area contributed by atoms with Gasteiger partial charge in [0.2, 0.25) is 0 Å². The lowest BCUT2D eigenvalue weighted by molar-refractivity contribution is -0.175. The molecule has 0 amide bonds. The number of esters is 1. The highest BCUT2D eigenvalue weighted by Gasteiger charge is 2.42. The van der Waals surface area contributed by atoms with E-state index in [0.29, 0.717) is 24.3 Å². The number of hydrogen-bond acceptors (Lipinski definition) is 4. The van der Waals surface area contributed by atoms with Crippen LogP contribution in [0.15, 0.2) is 18.2 Å². The van der Waals surface area contributed by atoms with Gasteiger partial charge in [0, 0.05) is 13.1 Å². The van der Waals surface area contributed by atoms with Crippen molar-refractivity contribution in [2.24, 2.45) is 5.92 Å². The highest BCUT2D eigenvalue weighted by Crippen LogP contribution is 2.36. The van der Waals surface area contributed by atoms with E-state index in [2.05, 4.69) is 4.74 Å². The minimum atomic E-state index is -4.21. The Balaban J connectivity index is 2.26. The first-order valence-electron chi connectivity index (χ1n) is 6.62. The third kappa shape index (κ3) is 3.40. The Morgan fingerprint density at radius 3 is 2.76 bits per heavy atom. The SMILES string of the molecule is COC(=O)c1ccc(N)c(N2CCCC(C(F)(F)F)C2)c1. The first-order valence-corrected chi connectivity index (χ1v) is 6.62. The highest BCUT2D eigenvalue weighted by molar-refractivity contribution is 5.92. The number of carbonyl (C=O) groups excluding carboxylic acids is 1. The van der Waals surface area contributed by atoms with Crippen LogP contribution in [0.2, 0.25) is 0 Å². The van der Waals surface area contributed by atoms with Crippen molar-refractivity contribution in [2.45, 2.75) is 19.0 Å². The number of rotatable bonds is 2. The van der Waals surface area contributed by atoms with Gasteiger partial charge in [-0.2, -0.15) is 13.2 Å². The topological polar surface area (TPSA) is 55.6 Å². The summed E-state index contributed by atoms with van der Waals surface area (Å²) in [6.45, 7) is 0.347. The van der Waals surface area contributed by atoms with Crippen LogP contribution in [0.1, 0.15) is 23.2 Å². The number of carbonyl (C=O) groups is 1. The largest absolute Gasteiger partial charge is 0.465 e. The van der Waals surface area contributed by atoms with Crippen LogP contribution in [0.5, 0.6) is 0 Å². The van der Waals surface area contributed by atoms with Crippen LogP contribution in [0.3, 0.4) is 0 Å². The van der Waals surface area contributed by atoms with E-state index in [1.807, 2.05) is 0 Å². The quantitative estimate of drug-likeness (QED) is 0.674. The fourth-order valence-electron chi connectivity index (χ4n) is 2.53. The number of hydrogen-bond donors (Lipinski definition) is 1. The van der Waals surface area contributed by atoms with Crippen LogP contribution in [-0.2, 0) is 4.74 Å². The Morgan fingerprint density at radius 1 is 1.43 bits per heavy atom. The molecule has 0 aliphatic carbocycles. The van der Waals surface area contributed by atoms with Crippen LogP contribution in [0.4, 0.5) is 24.5 Å². The number of nitrogen functional groups attached to an aromatic ring is 1. The molecule has 1 saturated heterocycles. The summed E-state index contributed by atoms with van der Waals surface area (Å²) in [6.07, 6.45) is -3.66. The maximum atomic E-state index is 12.9. The summed E-state index contributed by atoms with van der Waals surface area (Å²) in [5.74, 6) is -1.91. The number of alkyl halides is 3. The van der Waals surface area contributed by atoms with E-state index in [1.165, 1.54) is 25.3 Å². The second-order valence-electron chi connectivity index (χ2n) is 5.09. The molecule has 1 unspecified atom stereocenters. The Hall–Kier alpha value is -1.92. The van der Waals surface area contributed by atoms with E-state index in [-0.39, 0.29) is 18.5 Å². The maximum absolute atomic E-state index is 12.9. The molecule has 1 aliphatic rings. The summed E-state index contributed by atoms with van der Waals surface area (Å²) >= 11 is 0. The van der Waals surface area contributed by atoms with Crippen molar-refractivity contribution in [3.8, 4) is 0 Å². The second kappa shape index (κ2) is 5.83. The predicted molar refractivity (Wildman–Crippen MR) is 73.2 cm³/mol. The number of piperidine rings is 1. The van der Waals surface area contributed by atoms with Gasteiger partial charge in [0.05, 0.1) is 30.0 Å². The summed E-state index contributed by atoms with van der Waals surface area (Å²) in [5, 5.41) is 0. The molecule has 1 aromatic rings. The normalized spacial score (nSPS) is 19.4. The van der Waals surface area contributed by atoms with E-state index < -0.39 is 18.1 Å². The number of ether oxygens (including phenoxy) is 1. The van der Waals surface area contributed by atoms with Crippen LogP contribution in [-0.4, -0.2) is 32.3 Å².